The van der Waals surface area contributed by atoms with Gasteiger partial charge in [0.25, 0.3) is 0 Å². The summed E-state index contributed by atoms with van der Waals surface area (Å²) < 4.78 is 66.3. The van der Waals surface area contributed by atoms with E-state index in [-0.39, 0.29) is 37.3 Å². The predicted molar refractivity (Wildman–Crippen MR) is 85.6 cm³/mol. The fourth-order valence-electron chi connectivity index (χ4n) is 3.49. The molecule has 1 aliphatic carbocycles. The van der Waals surface area contributed by atoms with Crippen molar-refractivity contribution in [2.45, 2.75) is 31.5 Å². The first-order valence-corrected chi connectivity index (χ1v) is 8.73. The van der Waals surface area contributed by atoms with Crippen LogP contribution in [-0.2, 0) is 9.59 Å². The van der Waals surface area contributed by atoms with Gasteiger partial charge in [0.2, 0.25) is 11.8 Å². The van der Waals surface area contributed by atoms with E-state index >= 15 is 0 Å². The second-order valence-corrected chi connectivity index (χ2v) is 7.30. The zero-order valence-corrected chi connectivity index (χ0v) is 14.6. The standard InChI is InChI=1S/C17H16ClF5N2O2/c18-13-11(19)2-1-10(14(13)20)15(7-3-9(4-7)17(21,22)23)25-16(27)8-5-12(26)24-6-8/h1-2,7-9,15H,3-6H2,(H,24,26)(H,25,27)/t7-,8-,9-,15+/m0/s1. The van der Waals surface area contributed by atoms with Crippen molar-refractivity contribution < 1.29 is 31.5 Å². The molecule has 0 unspecified atom stereocenters. The van der Waals surface area contributed by atoms with Crippen molar-refractivity contribution in [2.24, 2.45) is 17.8 Å². The van der Waals surface area contributed by atoms with E-state index in [0.29, 0.717) is 0 Å². The second kappa shape index (κ2) is 7.26. The van der Waals surface area contributed by atoms with Crippen LogP contribution >= 0.6 is 11.6 Å². The molecule has 0 radical (unpaired) electrons. The first-order valence-electron chi connectivity index (χ1n) is 8.35. The Morgan fingerprint density at radius 2 is 1.93 bits per heavy atom. The van der Waals surface area contributed by atoms with Crippen molar-refractivity contribution in [3.05, 3.63) is 34.4 Å². The minimum Gasteiger partial charge on any atom is -0.355 e. The molecule has 2 N–H and O–H groups in total. The highest BCUT2D eigenvalue weighted by Gasteiger charge is 2.51. The molecule has 0 bridgehead atoms. The molecule has 2 amide bonds. The Kier molecular flexibility index (Phi) is 5.33. The Bertz CT molecular complexity index is 764. The fourth-order valence-corrected chi connectivity index (χ4v) is 3.67. The summed E-state index contributed by atoms with van der Waals surface area (Å²) in [4.78, 5) is 23.7. The van der Waals surface area contributed by atoms with E-state index in [4.69, 9.17) is 11.6 Å². The summed E-state index contributed by atoms with van der Waals surface area (Å²) in [5.41, 5.74) is -0.169. The van der Waals surface area contributed by atoms with Crippen molar-refractivity contribution in [2.75, 3.05) is 6.54 Å². The quantitative estimate of drug-likeness (QED) is 0.589. The summed E-state index contributed by atoms with van der Waals surface area (Å²) in [6.07, 6.45) is -5.00. The van der Waals surface area contributed by atoms with Crippen LogP contribution in [-0.4, -0.2) is 24.5 Å². The van der Waals surface area contributed by atoms with Crippen molar-refractivity contribution in [1.82, 2.24) is 10.6 Å². The number of rotatable bonds is 4. The van der Waals surface area contributed by atoms with Gasteiger partial charge in [-0.05, 0) is 24.8 Å². The molecule has 1 heterocycles. The Morgan fingerprint density at radius 1 is 1.26 bits per heavy atom. The molecule has 2 fully saturated rings. The maximum Gasteiger partial charge on any atom is 0.391 e. The van der Waals surface area contributed by atoms with Crippen LogP contribution in [0.25, 0.3) is 0 Å². The molecule has 27 heavy (non-hydrogen) atoms. The predicted octanol–water partition coefficient (Wildman–Crippen LogP) is 3.50. The van der Waals surface area contributed by atoms with Crippen LogP contribution in [0, 0.1) is 29.4 Å². The molecule has 1 saturated heterocycles. The van der Waals surface area contributed by atoms with Gasteiger partial charge in [-0.2, -0.15) is 13.2 Å². The molecule has 1 aliphatic heterocycles. The topological polar surface area (TPSA) is 58.2 Å². The lowest BCUT2D eigenvalue weighted by molar-refractivity contribution is -0.207. The first kappa shape index (κ1) is 19.9. The van der Waals surface area contributed by atoms with E-state index in [9.17, 15) is 31.5 Å². The number of halogens is 6. The van der Waals surface area contributed by atoms with Gasteiger partial charge < -0.3 is 10.6 Å². The highest BCUT2D eigenvalue weighted by atomic mass is 35.5. The Hall–Kier alpha value is -1.90. The summed E-state index contributed by atoms with van der Waals surface area (Å²) in [5.74, 6) is -5.92. The zero-order chi connectivity index (χ0) is 19.9. The van der Waals surface area contributed by atoms with Crippen molar-refractivity contribution in [3.63, 3.8) is 0 Å². The van der Waals surface area contributed by atoms with E-state index in [2.05, 4.69) is 10.6 Å². The molecule has 1 aromatic carbocycles. The Labute approximate surface area is 156 Å². The molecular formula is C17H16ClF5N2O2. The summed E-state index contributed by atoms with van der Waals surface area (Å²) in [5, 5.41) is 4.24. The first-order chi connectivity index (χ1) is 12.6. The largest absolute Gasteiger partial charge is 0.391 e. The number of alkyl halides is 3. The van der Waals surface area contributed by atoms with Crippen LogP contribution in [0.1, 0.15) is 30.9 Å². The van der Waals surface area contributed by atoms with E-state index in [1.165, 1.54) is 0 Å². The van der Waals surface area contributed by atoms with Gasteiger partial charge in [-0.15, -0.1) is 0 Å². The highest BCUT2D eigenvalue weighted by Crippen LogP contribution is 2.50. The molecule has 0 spiro atoms. The van der Waals surface area contributed by atoms with Crippen molar-refractivity contribution in [3.8, 4) is 0 Å². The number of carbonyl (C=O) groups is 2. The van der Waals surface area contributed by atoms with Crippen LogP contribution in [0.5, 0.6) is 0 Å². The van der Waals surface area contributed by atoms with Gasteiger partial charge in [0.1, 0.15) is 16.7 Å². The summed E-state index contributed by atoms with van der Waals surface area (Å²) in [6, 6.07) is 0.880. The number of hydrogen-bond acceptors (Lipinski definition) is 2. The third-order valence-electron chi connectivity index (χ3n) is 5.15. The molecule has 1 saturated carbocycles. The zero-order valence-electron chi connectivity index (χ0n) is 13.9. The summed E-state index contributed by atoms with van der Waals surface area (Å²) in [7, 11) is 0. The average Bonchev–Trinajstić information content (AvgIpc) is 2.96. The van der Waals surface area contributed by atoms with Crippen LogP contribution < -0.4 is 10.6 Å². The Balaban J connectivity index is 1.83. The van der Waals surface area contributed by atoms with Gasteiger partial charge in [0.15, 0.2) is 0 Å². The lowest BCUT2D eigenvalue weighted by Gasteiger charge is -2.42. The molecule has 0 aromatic heterocycles. The second-order valence-electron chi connectivity index (χ2n) is 6.93. The van der Waals surface area contributed by atoms with E-state index in [0.717, 1.165) is 12.1 Å². The SMILES string of the molecule is O=C1C[C@H](C(=O)N[C@@H](c2ccc(F)c(Cl)c2F)[C@H]2C[C@H](C(F)(F)F)C2)CN1. The van der Waals surface area contributed by atoms with E-state index in [1.807, 2.05) is 0 Å². The van der Waals surface area contributed by atoms with Crippen LogP contribution in [0.2, 0.25) is 5.02 Å². The third-order valence-corrected chi connectivity index (χ3v) is 5.50. The molecule has 148 valence electrons. The molecular weight excluding hydrogens is 395 g/mol. The molecule has 4 nitrogen and oxygen atoms in total. The van der Waals surface area contributed by atoms with Crippen molar-refractivity contribution >= 4 is 23.4 Å². The third kappa shape index (κ3) is 4.02. The van der Waals surface area contributed by atoms with Crippen LogP contribution in [0.3, 0.4) is 0 Å². The summed E-state index contributed by atoms with van der Waals surface area (Å²) in [6.45, 7) is 0.0971. The minimum absolute atomic E-state index is 0.0545. The van der Waals surface area contributed by atoms with Crippen molar-refractivity contribution in [1.29, 1.82) is 0 Å². The molecule has 3 rings (SSSR count). The van der Waals surface area contributed by atoms with Gasteiger partial charge in [-0.25, -0.2) is 8.78 Å². The van der Waals surface area contributed by atoms with Gasteiger partial charge >= 0.3 is 6.18 Å². The molecule has 10 heteroatoms. The minimum atomic E-state index is -4.37. The monoisotopic (exact) mass is 410 g/mol. The Morgan fingerprint density at radius 3 is 2.48 bits per heavy atom. The summed E-state index contributed by atoms with van der Waals surface area (Å²) >= 11 is 5.58. The normalized spacial score (nSPS) is 26.3. The maximum atomic E-state index is 14.4. The van der Waals surface area contributed by atoms with Gasteiger partial charge in [-0.1, -0.05) is 17.7 Å². The molecule has 2 aliphatic rings. The number of benzene rings is 1. The molecule has 2 atom stereocenters. The van der Waals surface area contributed by atoms with Gasteiger partial charge in [-0.3, -0.25) is 9.59 Å². The number of nitrogens with one attached hydrogen (secondary N) is 2. The number of amides is 2. The van der Waals surface area contributed by atoms with E-state index in [1.54, 1.807) is 0 Å². The maximum absolute atomic E-state index is 14.4. The van der Waals surface area contributed by atoms with Gasteiger partial charge in [0, 0.05) is 18.5 Å². The smallest absolute Gasteiger partial charge is 0.355 e. The van der Waals surface area contributed by atoms with E-state index < -0.39 is 52.5 Å². The lowest BCUT2D eigenvalue weighted by Crippen LogP contribution is -2.45. The lowest BCUT2D eigenvalue weighted by atomic mass is 9.69. The molecule has 1 aromatic rings. The average molecular weight is 411 g/mol. The van der Waals surface area contributed by atoms with Crippen LogP contribution in [0.4, 0.5) is 22.0 Å². The highest BCUT2D eigenvalue weighted by molar-refractivity contribution is 6.31. The number of hydrogen-bond donors (Lipinski definition) is 2. The number of carbonyl (C=O) groups excluding carboxylic acids is 2. The fraction of sp³-hybridized carbons (Fsp3) is 0.529. The van der Waals surface area contributed by atoms with Gasteiger partial charge in [0.05, 0.1) is 17.9 Å². The van der Waals surface area contributed by atoms with Crippen LogP contribution in [0.15, 0.2) is 12.1 Å².